The van der Waals surface area contributed by atoms with Crippen molar-refractivity contribution in [3.63, 3.8) is 0 Å². The molecule has 0 saturated heterocycles. The molecule has 2 heterocycles. The first-order chi connectivity index (χ1) is 18.5. The van der Waals surface area contributed by atoms with Gasteiger partial charge in [0.2, 0.25) is 0 Å². The first-order valence-corrected chi connectivity index (χ1v) is 14.2. The van der Waals surface area contributed by atoms with E-state index in [1.54, 1.807) is 34.6 Å². The zero-order chi connectivity index (χ0) is 30.2. The minimum absolute atomic E-state index is 0.0451. The smallest absolute Gasteiger partial charge is 0.348 e. The molecule has 0 aliphatic rings. The van der Waals surface area contributed by atoms with Gasteiger partial charge >= 0.3 is 17.6 Å². The summed E-state index contributed by atoms with van der Waals surface area (Å²) in [6, 6.07) is 7.81. The normalized spacial score (nSPS) is 13.1. The second-order valence-corrected chi connectivity index (χ2v) is 12.6. The number of fused-ring (bicyclic) bond motifs is 1. The van der Waals surface area contributed by atoms with Crippen molar-refractivity contribution in [2.75, 3.05) is 6.61 Å². The van der Waals surface area contributed by atoms with E-state index in [4.69, 9.17) is 14.2 Å². The average molecular weight is 573 g/mol. The topological polar surface area (TPSA) is 106 Å². The van der Waals surface area contributed by atoms with Crippen molar-refractivity contribution in [1.29, 1.82) is 0 Å². The minimum atomic E-state index is -1.64. The third-order valence-electron chi connectivity index (χ3n) is 6.36. The summed E-state index contributed by atoms with van der Waals surface area (Å²) in [5, 5.41) is 0.177. The lowest BCUT2D eigenvalue weighted by molar-refractivity contribution is -0.164. The fraction of sp³-hybridized carbons (Fsp3) is 0.533. The summed E-state index contributed by atoms with van der Waals surface area (Å²) >= 11 is 1.03. The molecule has 0 bridgehead atoms. The van der Waals surface area contributed by atoms with Crippen molar-refractivity contribution in [2.24, 2.45) is 0 Å². The van der Waals surface area contributed by atoms with Gasteiger partial charge in [0.05, 0.1) is 24.6 Å². The van der Waals surface area contributed by atoms with Crippen LogP contribution in [0.5, 0.6) is 0 Å². The number of aromatic nitrogens is 2. The molecule has 9 nitrogen and oxygen atoms in total. The maximum atomic E-state index is 14.2. The van der Waals surface area contributed by atoms with E-state index in [0.717, 1.165) is 27.0 Å². The minimum Gasteiger partial charge on any atom is -0.462 e. The van der Waals surface area contributed by atoms with Crippen molar-refractivity contribution in [3.8, 4) is 0 Å². The number of nitrogens with zero attached hydrogens (tertiary/aromatic N) is 2. The second-order valence-electron chi connectivity index (χ2n) is 11.6. The molecule has 218 valence electrons. The highest BCUT2D eigenvalue weighted by atomic mass is 32.1. The van der Waals surface area contributed by atoms with Gasteiger partial charge < -0.3 is 14.2 Å². The molecule has 40 heavy (non-hydrogen) atoms. The Morgan fingerprint density at radius 2 is 1.60 bits per heavy atom. The lowest BCUT2D eigenvalue weighted by atomic mass is 10.0. The van der Waals surface area contributed by atoms with Crippen LogP contribution in [0.3, 0.4) is 0 Å². The third kappa shape index (κ3) is 6.39. The average Bonchev–Trinajstić information content (AvgIpc) is 3.17. The molecule has 0 aliphatic heterocycles. The van der Waals surface area contributed by atoms with Crippen LogP contribution in [0.15, 0.2) is 33.9 Å². The molecule has 3 rings (SSSR count). The molecule has 0 fully saturated rings. The van der Waals surface area contributed by atoms with Gasteiger partial charge in [-0.1, -0.05) is 29.8 Å². The van der Waals surface area contributed by atoms with Gasteiger partial charge in [-0.25, -0.2) is 19.0 Å². The number of carbonyl (C=O) groups is 2. The molecular formula is C30H40N2O7S. The Hall–Kier alpha value is -3.24. The predicted octanol–water partition coefficient (Wildman–Crippen LogP) is 5.26. The van der Waals surface area contributed by atoms with Crippen LogP contribution in [0.25, 0.3) is 10.2 Å². The summed E-state index contributed by atoms with van der Waals surface area (Å²) in [5.74, 6) is -1.30. The molecule has 2 aromatic heterocycles. The van der Waals surface area contributed by atoms with E-state index >= 15 is 0 Å². The molecule has 0 amide bonds. The number of ether oxygens (including phenoxy) is 3. The summed E-state index contributed by atoms with van der Waals surface area (Å²) in [6.07, 6.45) is -0.715. The molecule has 1 unspecified atom stereocenters. The summed E-state index contributed by atoms with van der Waals surface area (Å²) in [4.78, 5) is 54.8. The third-order valence-corrected chi connectivity index (χ3v) is 7.66. The van der Waals surface area contributed by atoms with Gasteiger partial charge in [0.1, 0.15) is 27.0 Å². The van der Waals surface area contributed by atoms with Crippen LogP contribution in [-0.2, 0) is 31.1 Å². The molecule has 10 heteroatoms. The predicted molar refractivity (Wildman–Crippen MR) is 156 cm³/mol. The van der Waals surface area contributed by atoms with Gasteiger partial charge in [0.25, 0.3) is 5.56 Å². The first kappa shape index (κ1) is 31.3. The number of hydrogen-bond donors (Lipinski definition) is 0. The molecule has 0 radical (unpaired) electrons. The van der Waals surface area contributed by atoms with Crippen LogP contribution < -0.4 is 11.2 Å². The molecule has 3 aromatic rings. The molecule has 0 N–H and O–H groups in total. The monoisotopic (exact) mass is 572 g/mol. The van der Waals surface area contributed by atoms with Crippen LogP contribution in [0.2, 0.25) is 0 Å². The second kappa shape index (κ2) is 11.7. The largest absolute Gasteiger partial charge is 0.462 e. The zero-order valence-corrected chi connectivity index (χ0v) is 25.9. The van der Waals surface area contributed by atoms with E-state index in [1.807, 2.05) is 45.0 Å². The number of benzene rings is 1. The van der Waals surface area contributed by atoms with Crippen molar-refractivity contribution >= 4 is 33.5 Å². The van der Waals surface area contributed by atoms with Gasteiger partial charge in [-0.05, 0) is 80.4 Å². The Morgan fingerprint density at radius 3 is 2.12 bits per heavy atom. The fourth-order valence-corrected chi connectivity index (χ4v) is 5.58. The van der Waals surface area contributed by atoms with Gasteiger partial charge in [-0.3, -0.25) is 9.36 Å². The lowest BCUT2D eigenvalue weighted by Gasteiger charge is -2.30. The summed E-state index contributed by atoms with van der Waals surface area (Å²) < 4.78 is 19.4. The van der Waals surface area contributed by atoms with Crippen LogP contribution in [0.4, 0.5) is 0 Å². The summed E-state index contributed by atoms with van der Waals surface area (Å²) in [7, 11) is 0. The van der Waals surface area contributed by atoms with Crippen LogP contribution >= 0.6 is 11.3 Å². The number of thiophene rings is 1. The van der Waals surface area contributed by atoms with E-state index in [-0.39, 0.29) is 29.5 Å². The maximum Gasteiger partial charge on any atom is 0.348 e. The highest BCUT2D eigenvalue weighted by Crippen LogP contribution is 2.31. The zero-order valence-electron chi connectivity index (χ0n) is 25.0. The quantitative estimate of drug-likeness (QED) is 0.322. The van der Waals surface area contributed by atoms with Crippen LogP contribution in [-0.4, -0.2) is 39.4 Å². The first-order valence-electron chi connectivity index (χ1n) is 13.4. The molecule has 0 aliphatic carbocycles. The van der Waals surface area contributed by atoms with Gasteiger partial charge in [-0.15, -0.1) is 11.3 Å². The Morgan fingerprint density at radius 1 is 1.00 bits per heavy atom. The Kier molecular flexibility index (Phi) is 9.16. The van der Waals surface area contributed by atoms with Crippen molar-refractivity contribution in [2.45, 2.75) is 99.1 Å². The highest BCUT2D eigenvalue weighted by Gasteiger charge is 2.39. The Balaban J connectivity index is 2.37. The standard InChI is InChI=1S/C30H40N2O7S/c1-11-37-26(34)23-19(5)22-24(33)32(30(9,10)27(35)39-29(6,7)8)28(36)31(25(22)40-23)16-21(38-17(2)3)20-14-12-18(4)13-15-20/h12-15,17,21H,11,16H2,1-10H3. The van der Waals surface area contributed by atoms with E-state index in [9.17, 15) is 19.2 Å². The van der Waals surface area contributed by atoms with E-state index < -0.39 is 40.4 Å². The summed E-state index contributed by atoms with van der Waals surface area (Å²) in [5.41, 5.74) is -1.54. The van der Waals surface area contributed by atoms with Crippen molar-refractivity contribution in [3.05, 3.63) is 66.7 Å². The van der Waals surface area contributed by atoms with E-state index in [1.165, 1.54) is 18.4 Å². The van der Waals surface area contributed by atoms with Crippen molar-refractivity contribution < 1.29 is 23.8 Å². The van der Waals surface area contributed by atoms with Gasteiger partial charge in [-0.2, -0.15) is 0 Å². The molecule has 0 saturated carbocycles. The molecule has 0 spiro atoms. The van der Waals surface area contributed by atoms with Crippen molar-refractivity contribution in [1.82, 2.24) is 9.13 Å². The Labute approximate surface area is 238 Å². The van der Waals surface area contributed by atoms with Gasteiger partial charge in [0.15, 0.2) is 0 Å². The SMILES string of the molecule is CCOC(=O)c1sc2c(c1C)c(=O)n(C(C)(C)C(=O)OC(C)(C)C)c(=O)n2CC(OC(C)C)c1ccc(C)cc1. The number of esters is 2. The number of rotatable bonds is 9. The highest BCUT2D eigenvalue weighted by molar-refractivity contribution is 7.20. The molecular weight excluding hydrogens is 532 g/mol. The number of carbonyl (C=O) groups excluding carboxylic acids is 2. The lowest BCUT2D eigenvalue weighted by Crippen LogP contribution is -2.54. The van der Waals surface area contributed by atoms with Gasteiger partial charge in [0, 0.05) is 0 Å². The van der Waals surface area contributed by atoms with Crippen LogP contribution in [0, 0.1) is 13.8 Å². The molecule has 1 aromatic carbocycles. The number of aryl methyl sites for hydroxylation is 2. The number of hydrogen-bond acceptors (Lipinski definition) is 8. The van der Waals surface area contributed by atoms with E-state index in [2.05, 4.69) is 0 Å². The maximum absolute atomic E-state index is 14.2. The van der Waals surface area contributed by atoms with Crippen LogP contribution in [0.1, 0.15) is 87.9 Å². The Bertz CT molecular complexity index is 1520. The molecule has 1 atom stereocenters. The fourth-order valence-electron chi connectivity index (χ4n) is 4.39. The summed E-state index contributed by atoms with van der Waals surface area (Å²) in [6.45, 7) is 17.5. The van der Waals surface area contributed by atoms with E-state index in [0.29, 0.717) is 10.4 Å².